The first kappa shape index (κ1) is 18.4. The molecule has 0 aliphatic carbocycles. The van der Waals surface area contributed by atoms with E-state index in [2.05, 4.69) is 20.3 Å². The third-order valence-corrected chi connectivity index (χ3v) is 5.45. The van der Waals surface area contributed by atoms with Crippen LogP contribution in [-0.4, -0.2) is 20.9 Å². The maximum atomic E-state index is 13.1. The molecule has 5 aromatic rings. The summed E-state index contributed by atoms with van der Waals surface area (Å²) in [7, 11) is 0. The average molecular weight is 416 g/mol. The van der Waals surface area contributed by atoms with E-state index in [1.54, 1.807) is 37.5 Å². The van der Waals surface area contributed by atoms with Crippen LogP contribution in [0.4, 0.5) is 5.69 Å². The van der Waals surface area contributed by atoms with Crippen molar-refractivity contribution in [2.24, 2.45) is 0 Å². The monoisotopic (exact) mass is 416 g/mol. The van der Waals surface area contributed by atoms with Gasteiger partial charge < -0.3 is 14.2 Å². The Morgan fingerprint density at radius 2 is 1.87 bits per heavy atom. The molecule has 0 radical (unpaired) electrons. The van der Waals surface area contributed by atoms with Crippen molar-refractivity contribution < 1.29 is 13.6 Å². The molecule has 30 heavy (non-hydrogen) atoms. The first-order valence-corrected chi connectivity index (χ1v) is 10.2. The van der Waals surface area contributed by atoms with Crippen LogP contribution in [0.1, 0.15) is 22.0 Å². The molecule has 8 heteroatoms. The van der Waals surface area contributed by atoms with Gasteiger partial charge in [0.15, 0.2) is 22.4 Å². The van der Waals surface area contributed by atoms with Crippen LogP contribution in [0, 0.1) is 6.92 Å². The van der Waals surface area contributed by atoms with Crippen molar-refractivity contribution in [2.75, 3.05) is 5.32 Å². The van der Waals surface area contributed by atoms with E-state index < -0.39 is 0 Å². The normalized spacial score (nSPS) is 11.2. The van der Waals surface area contributed by atoms with Gasteiger partial charge in [0.05, 0.1) is 0 Å². The number of carbonyl (C=O) groups excluding carboxylic acids is 1. The number of hydrogen-bond donors (Lipinski definition) is 1. The summed E-state index contributed by atoms with van der Waals surface area (Å²) in [4.78, 5) is 25.8. The van der Waals surface area contributed by atoms with Gasteiger partial charge >= 0.3 is 0 Å². The number of thioether (sulfide) groups is 1. The first-order valence-electron chi connectivity index (χ1n) is 9.26. The number of amides is 1. The number of anilines is 1. The molecule has 7 nitrogen and oxygen atoms in total. The number of aryl methyl sites for hydroxylation is 1. The summed E-state index contributed by atoms with van der Waals surface area (Å²) in [5.74, 6) is 1.03. The van der Waals surface area contributed by atoms with Crippen molar-refractivity contribution in [1.82, 2.24) is 15.0 Å². The number of fused-ring (bicyclic) bond motifs is 2. The van der Waals surface area contributed by atoms with Crippen LogP contribution in [0.3, 0.4) is 0 Å². The lowest BCUT2D eigenvalue weighted by Gasteiger charge is -2.05. The van der Waals surface area contributed by atoms with E-state index in [0.29, 0.717) is 33.7 Å². The Bertz CT molecular complexity index is 1360. The minimum absolute atomic E-state index is 0.272. The molecule has 0 fully saturated rings. The van der Waals surface area contributed by atoms with Crippen LogP contribution in [-0.2, 0) is 5.75 Å². The molecule has 3 aromatic heterocycles. The summed E-state index contributed by atoms with van der Waals surface area (Å²) in [6.45, 7) is 1.78. The van der Waals surface area contributed by atoms with Crippen LogP contribution >= 0.6 is 11.8 Å². The minimum atomic E-state index is -0.327. The molecule has 3 heterocycles. The maximum Gasteiger partial charge on any atom is 0.291 e. The standard InChI is InChI=1S/C22H16N4O3S/c1-13-25-17-8-7-14(11-19(17)28-13)26-21(27)20-16(12-30-22-23-9-4-10-24-22)15-5-2-3-6-18(15)29-20/h2-11H,12H2,1H3,(H,26,27). The fraction of sp³-hybridized carbons (Fsp3) is 0.0909. The van der Waals surface area contributed by atoms with Crippen molar-refractivity contribution in [3.8, 4) is 0 Å². The number of nitrogens with one attached hydrogen (secondary N) is 1. The van der Waals surface area contributed by atoms with Crippen molar-refractivity contribution in [2.45, 2.75) is 17.8 Å². The second kappa shape index (κ2) is 7.64. The van der Waals surface area contributed by atoms with Crippen LogP contribution in [0.5, 0.6) is 0 Å². The molecule has 0 unspecified atom stereocenters. The summed E-state index contributed by atoms with van der Waals surface area (Å²) in [6.07, 6.45) is 3.38. The van der Waals surface area contributed by atoms with Gasteiger partial charge in [-0.1, -0.05) is 30.0 Å². The summed E-state index contributed by atoms with van der Waals surface area (Å²) in [5.41, 5.74) is 3.43. The molecule has 0 saturated heterocycles. The highest BCUT2D eigenvalue weighted by Crippen LogP contribution is 2.31. The number of para-hydroxylation sites is 1. The number of carbonyl (C=O) groups is 1. The first-order chi connectivity index (χ1) is 14.7. The van der Waals surface area contributed by atoms with Gasteiger partial charge in [-0.25, -0.2) is 15.0 Å². The number of benzene rings is 2. The van der Waals surface area contributed by atoms with Crippen LogP contribution in [0.15, 0.2) is 74.9 Å². The highest BCUT2D eigenvalue weighted by atomic mass is 32.2. The zero-order chi connectivity index (χ0) is 20.5. The molecule has 0 aliphatic heterocycles. The van der Waals surface area contributed by atoms with Crippen LogP contribution in [0.2, 0.25) is 0 Å². The quantitative estimate of drug-likeness (QED) is 0.310. The third kappa shape index (κ3) is 3.53. The Kier molecular flexibility index (Phi) is 4.68. The van der Waals surface area contributed by atoms with Gasteiger partial charge in [-0.3, -0.25) is 4.79 Å². The summed E-state index contributed by atoms with van der Waals surface area (Å²) in [6, 6.07) is 14.7. The lowest BCUT2D eigenvalue weighted by Crippen LogP contribution is -2.12. The maximum absolute atomic E-state index is 13.1. The number of aromatic nitrogens is 3. The molecule has 2 aromatic carbocycles. The minimum Gasteiger partial charge on any atom is -0.451 e. The largest absolute Gasteiger partial charge is 0.451 e. The highest BCUT2D eigenvalue weighted by Gasteiger charge is 2.21. The number of furan rings is 1. The average Bonchev–Trinajstić information content (AvgIpc) is 3.32. The van der Waals surface area contributed by atoms with E-state index in [-0.39, 0.29) is 11.7 Å². The van der Waals surface area contributed by atoms with Crippen LogP contribution in [0.25, 0.3) is 22.1 Å². The summed E-state index contributed by atoms with van der Waals surface area (Å²) in [5, 5.41) is 4.43. The topological polar surface area (TPSA) is 94.1 Å². The SMILES string of the molecule is Cc1nc2ccc(NC(=O)c3oc4ccccc4c3CSc3ncccn3)cc2o1. The number of oxazole rings is 1. The zero-order valence-electron chi connectivity index (χ0n) is 16.0. The van der Waals surface area contributed by atoms with Gasteiger partial charge in [0, 0.05) is 47.8 Å². The number of rotatable bonds is 5. The lowest BCUT2D eigenvalue weighted by atomic mass is 10.1. The highest BCUT2D eigenvalue weighted by molar-refractivity contribution is 7.98. The van der Waals surface area contributed by atoms with E-state index in [1.165, 1.54) is 11.8 Å². The summed E-state index contributed by atoms with van der Waals surface area (Å²) < 4.78 is 11.5. The van der Waals surface area contributed by atoms with E-state index in [1.807, 2.05) is 30.3 Å². The molecule has 148 valence electrons. The molecular weight excluding hydrogens is 400 g/mol. The fourth-order valence-electron chi connectivity index (χ4n) is 3.23. The van der Waals surface area contributed by atoms with Crippen LogP contribution < -0.4 is 5.32 Å². The number of hydrogen-bond acceptors (Lipinski definition) is 7. The van der Waals surface area contributed by atoms with Gasteiger partial charge in [0.2, 0.25) is 0 Å². The van der Waals surface area contributed by atoms with Crippen molar-refractivity contribution in [3.05, 3.63) is 78.1 Å². The van der Waals surface area contributed by atoms with Crippen molar-refractivity contribution in [1.29, 1.82) is 0 Å². The van der Waals surface area contributed by atoms with Gasteiger partial charge in [-0.2, -0.15) is 0 Å². The van der Waals surface area contributed by atoms with Gasteiger partial charge in [0.1, 0.15) is 11.1 Å². The second-order valence-corrected chi connectivity index (χ2v) is 7.54. The van der Waals surface area contributed by atoms with E-state index in [4.69, 9.17) is 8.83 Å². The predicted molar refractivity (Wildman–Crippen MR) is 115 cm³/mol. The Morgan fingerprint density at radius 3 is 2.73 bits per heavy atom. The molecule has 1 amide bonds. The van der Waals surface area contributed by atoms with Gasteiger partial charge in [-0.05, 0) is 24.3 Å². The molecule has 1 N–H and O–H groups in total. The molecule has 0 atom stereocenters. The van der Waals surface area contributed by atoms with Gasteiger partial charge in [-0.15, -0.1) is 0 Å². The van der Waals surface area contributed by atoms with Crippen molar-refractivity contribution in [3.63, 3.8) is 0 Å². The second-order valence-electron chi connectivity index (χ2n) is 6.60. The molecule has 0 saturated carbocycles. The molecule has 0 bridgehead atoms. The van der Waals surface area contributed by atoms with Crippen molar-refractivity contribution >= 4 is 45.4 Å². The Morgan fingerprint density at radius 1 is 1.03 bits per heavy atom. The molecule has 5 rings (SSSR count). The van der Waals surface area contributed by atoms with E-state index in [9.17, 15) is 4.79 Å². The Hall–Kier alpha value is -3.65. The fourth-order valence-corrected chi connectivity index (χ4v) is 4.06. The van der Waals surface area contributed by atoms with E-state index >= 15 is 0 Å². The number of nitrogens with zero attached hydrogens (tertiary/aromatic N) is 3. The smallest absolute Gasteiger partial charge is 0.291 e. The zero-order valence-corrected chi connectivity index (χ0v) is 16.8. The molecule has 0 aliphatic rings. The third-order valence-electron chi connectivity index (χ3n) is 4.55. The van der Waals surface area contributed by atoms with E-state index in [0.717, 1.165) is 16.5 Å². The Labute approximate surface area is 175 Å². The lowest BCUT2D eigenvalue weighted by molar-refractivity contribution is 0.0998. The van der Waals surface area contributed by atoms with Gasteiger partial charge in [0.25, 0.3) is 5.91 Å². The molecule has 0 spiro atoms. The summed E-state index contributed by atoms with van der Waals surface area (Å²) >= 11 is 1.45. The predicted octanol–water partition coefficient (Wildman–Crippen LogP) is 5.22. The molecular formula is C22H16N4O3S. The Balaban J connectivity index is 1.46.